The van der Waals surface area contributed by atoms with E-state index >= 15 is 0 Å². The standard InChI is InChI=1S/C11H14N2.H2/c1-7(2)9-5-4-6-10-11(9)8(3)12-13-10;/h4-7H,1-3H3,(H,12,13);1H. The first-order valence-electron chi connectivity index (χ1n) is 4.63. The van der Waals surface area contributed by atoms with Crippen molar-refractivity contribution in [1.29, 1.82) is 0 Å². The SMILES string of the molecule is Cc1[nH]nc2cccc(C(C)C)c12.[HH]. The highest BCUT2D eigenvalue weighted by molar-refractivity contribution is 5.85. The molecule has 2 rings (SSSR count). The first-order valence-corrected chi connectivity index (χ1v) is 4.63. The molecular weight excluding hydrogens is 160 g/mol. The number of aromatic amines is 1. The fourth-order valence-corrected chi connectivity index (χ4v) is 1.74. The van der Waals surface area contributed by atoms with Gasteiger partial charge in [-0.15, -0.1) is 0 Å². The van der Waals surface area contributed by atoms with Crippen molar-refractivity contribution < 1.29 is 1.43 Å². The topological polar surface area (TPSA) is 28.7 Å². The number of hydrogen-bond acceptors (Lipinski definition) is 1. The number of fused-ring (bicyclic) bond motifs is 1. The van der Waals surface area contributed by atoms with Crippen LogP contribution in [0, 0.1) is 6.92 Å². The summed E-state index contributed by atoms with van der Waals surface area (Å²) in [7, 11) is 0. The molecular formula is C11H16N2. The minimum atomic E-state index is 0. The lowest BCUT2D eigenvalue weighted by atomic mass is 9.98. The van der Waals surface area contributed by atoms with Gasteiger partial charge in [-0.1, -0.05) is 26.0 Å². The van der Waals surface area contributed by atoms with E-state index in [2.05, 4.69) is 43.1 Å². The Balaban J connectivity index is 0.000000980. The van der Waals surface area contributed by atoms with Crippen LogP contribution in [0.15, 0.2) is 18.2 Å². The highest BCUT2D eigenvalue weighted by Gasteiger charge is 2.08. The summed E-state index contributed by atoms with van der Waals surface area (Å²) in [6, 6.07) is 6.29. The average Bonchev–Trinajstić information content (AvgIpc) is 2.48. The molecule has 13 heavy (non-hydrogen) atoms. The number of rotatable bonds is 1. The Hall–Kier alpha value is -1.31. The van der Waals surface area contributed by atoms with Gasteiger partial charge in [-0.25, -0.2) is 0 Å². The van der Waals surface area contributed by atoms with E-state index in [9.17, 15) is 0 Å². The van der Waals surface area contributed by atoms with Gasteiger partial charge in [0.15, 0.2) is 0 Å². The molecule has 70 valence electrons. The number of aromatic nitrogens is 2. The summed E-state index contributed by atoms with van der Waals surface area (Å²) in [5.74, 6) is 0.556. The fourth-order valence-electron chi connectivity index (χ4n) is 1.74. The monoisotopic (exact) mass is 176 g/mol. The van der Waals surface area contributed by atoms with Gasteiger partial charge in [-0.05, 0) is 24.5 Å². The minimum Gasteiger partial charge on any atom is -0.282 e. The quantitative estimate of drug-likeness (QED) is 0.710. The van der Waals surface area contributed by atoms with Crippen LogP contribution in [0.5, 0.6) is 0 Å². The molecule has 0 fully saturated rings. The lowest BCUT2D eigenvalue weighted by Gasteiger charge is -2.06. The molecule has 0 aliphatic heterocycles. The summed E-state index contributed by atoms with van der Waals surface area (Å²) in [5.41, 5.74) is 3.62. The molecule has 1 aromatic carbocycles. The number of nitrogens with zero attached hydrogens (tertiary/aromatic N) is 1. The summed E-state index contributed by atoms with van der Waals surface area (Å²) in [6.07, 6.45) is 0. The summed E-state index contributed by atoms with van der Waals surface area (Å²) >= 11 is 0. The van der Waals surface area contributed by atoms with Crippen LogP contribution in [0.3, 0.4) is 0 Å². The first-order chi connectivity index (χ1) is 6.20. The van der Waals surface area contributed by atoms with Crippen LogP contribution in [0.2, 0.25) is 0 Å². The molecule has 2 aromatic rings. The molecule has 2 heteroatoms. The Morgan fingerprint density at radius 3 is 2.85 bits per heavy atom. The number of hydrogen-bond donors (Lipinski definition) is 1. The highest BCUT2D eigenvalue weighted by atomic mass is 15.1. The predicted molar refractivity (Wildman–Crippen MR) is 57.0 cm³/mol. The summed E-state index contributed by atoms with van der Waals surface area (Å²) in [6.45, 7) is 6.49. The Kier molecular flexibility index (Phi) is 1.83. The minimum absolute atomic E-state index is 0. The van der Waals surface area contributed by atoms with E-state index in [0.29, 0.717) is 5.92 Å². The van der Waals surface area contributed by atoms with Crippen LogP contribution in [0.4, 0.5) is 0 Å². The van der Waals surface area contributed by atoms with Gasteiger partial charge in [0, 0.05) is 12.5 Å². The van der Waals surface area contributed by atoms with Gasteiger partial charge in [0.2, 0.25) is 0 Å². The van der Waals surface area contributed by atoms with Crippen molar-refractivity contribution in [2.45, 2.75) is 26.7 Å². The molecule has 1 aromatic heterocycles. The summed E-state index contributed by atoms with van der Waals surface area (Å²) in [5, 5.41) is 8.55. The maximum absolute atomic E-state index is 4.24. The number of nitrogens with one attached hydrogen (secondary N) is 1. The molecule has 1 heterocycles. The molecule has 0 aliphatic rings. The zero-order valence-electron chi connectivity index (χ0n) is 8.26. The van der Waals surface area contributed by atoms with Crippen molar-refractivity contribution in [2.24, 2.45) is 0 Å². The zero-order valence-corrected chi connectivity index (χ0v) is 8.26. The largest absolute Gasteiger partial charge is 0.282 e. The molecule has 0 saturated carbocycles. The van der Waals surface area contributed by atoms with Gasteiger partial charge in [0.25, 0.3) is 0 Å². The van der Waals surface area contributed by atoms with E-state index in [-0.39, 0.29) is 1.43 Å². The first kappa shape index (κ1) is 8.30. The lowest BCUT2D eigenvalue weighted by Crippen LogP contribution is -1.88. The summed E-state index contributed by atoms with van der Waals surface area (Å²) in [4.78, 5) is 0. The summed E-state index contributed by atoms with van der Waals surface area (Å²) < 4.78 is 0. The van der Waals surface area contributed by atoms with Gasteiger partial charge in [0.1, 0.15) is 0 Å². The highest BCUT2D eigenvalue weighted by Crippen LogP contribution is 2.25. The lowest BCUT2D eigenvalue weighted by molar-refractivity contribution is 0.875. The predicted octanol–water partition coefficient (Wildman–Crippen LogP) is 3.24. The van der Waals surface area contributed by atoms with Gasteiger partial charge in [-0.3, -0.25) is 5.10 Å². The molecule has 1 N–H and O–H groups in total. The second-order valence-electron chi connectivity index (χ2n) is 3.74. The van der Waals surface area contributed by atoms with Crippen LogP contribution in [0.1, 0.15) is 32.4 Å². The Labute approximate surface area is 79.5 Å². The van der Waals surface area contributed by atoms with E-state index in [0.717, 1.165) is 5.52 Å². The van der Waals surface area contributed by atoms with Crippen molar-refractivity contribution in [3.63, 3.8) is 0 Å². The van der Waals surface area contributed by atoms with Gasteiger partial charge >= 0.3 is 0 Å². The fraction of sp³-hybridized carbons (Fsp3) is 0.364. The number of H-pyrrole nitrogens is 1. The Bertz CT molecular complexity index is 432. The Morgan fingerprint density at radius 1 is 1.38 bits per heavy atom. The Morgan fingerprint density at radius 2 is 2.15 bits per heavy atom. The van der Waals surface area contributed by atoms with Gasteiger partial charge < -0.3 is 0 Å². The number of benzene rings is 1. The molecule has 0 radical (unpaired) electrons. The maximum atomic E-state index is 4.24. The molecule has 0 atom stereocenters. The second-order valence-corrected chi connectivity index (χ2v) is 3.74. The smallest absolute Gasteiger partial charge is 0.0926 e. The average molecular weight is 176 g/mol. The van der Waals surface area contributed by atoms with E-state index < -0.39 is 0 Å². The molecule has 2 nitrogen and oxygen atoms in total. The van der Waals surface area contributed by atoms with Crippen molar-refractivity contribution in [3.8, 4) is 0 Å². The van der Waals surface area contributed by atoms with Crippen LogP contribution in [0.25, 0.3) is 10.9 Å². The molecule has 0 aliphatic carbocycles. The third kappa shape index (κ3) is 1.22. The molecule has 0 amide bonds. The van der Waals surface area contributed by atoms with E-state index in [1.54, 1.807) is 0 Å². The van der Waals surface area contributed by atoms with Crippen LogP contribution in [-0.4, -0.2) is 10.2 Å². The normalized spacial score (nSPS) is 11.4. The molecule has 0 saturated heterocycles. The van der Waals surface area contributed by atoms with E-state index in [1.165, 1.54) is 16.6 Å². The molecule has 0 spiro atoms. The van der Waals surface area contributed by atoms with Crippen LogP contribution < -0.4 is 0 Å². The molecule has 0 bridgehead atoms. The van der Waals surface area contributed by atoms with Crippen molar-refractivity contribution in [2.75, 3.05) is 0 Å². The van der Waals surface area contributed by atoms with E-state index in [4.69, 9.17) is 0 Å². The maximum Gasteiger partial charge on any atom is 0.0926 e. The zero-order chi connectivity index (χ0) is 9.42. The van der Waals surface area contributed by atoms with Gasteiger partial charge in [0.05, 0.1) is 5.52 Å². The van der Waals surface area contributed by atoms with E-state index in [1.807, 2.05) is 6.07 Å². The van der Waals surface area contributed by atoms with Crippen molar-refractivity contribution >= 4 is 10.9 Å². The van der Waals surface area contributed by atoms with Crippen LogP contribution >= 0.6 is 0 Å². The molecule has 0 unspecified atom stereocenters. The second kappa shape index (κ2) is 2.87. The number of aryl methyl sites for hydroxylation is 1. The third-order valence-electron chi connectivity index (χ3n) is 2.42. The van der Waals surface area contributed by atoms with Crippen molar-refractivity contribution in [3.05, 3.63) is 29.5 Å². The van der Waals surface area contributed by atoms with Crippen molar-refractivity contribution in [1.82, 2.24) is 10.2 Å². The third-order valence-corrected chi connectivity index (χ3v) is 2.42. The van der Waals surface area contributed by atoms with Crippen LogP contribution in [-0.2, 0) is 0 Å². The van der Waals surface area contributed by atoms with Gasteiger partial charge in [-0.2, -0.15) is 5.10 Å².